The van der Waals surface area contributed by atoms with Crippen LogP contribution in [-0.2, 0) is 6.54 Å². The quantitative estimate of drug-likeness (QED) is 0.866. The summed E-state index contributed by atoms with van der Waals surface area (Å²) in [6.45, 7) is 7.43. The second-order valence-electron chi connectivity index (χ2n) is 6.84. The summed E-state index contributed by atoms with van der Waals surface area (Å²) in [5.41, 5.74) is 7.98. The monoisotopic (exact) mass is 276 g/mol. The van der Waals surface area contributed by atoms with Crippen molar-refractivity contribution in [3.8, 4) is 0 Å². The number of nitrogens with zero attached hydrogens (tertiary/aromatic N) is 2. The molecule has 2 fully saturated rings. The molecule has 1 aromatic heterocycles. The zero-order valence-corrected chi connectivity index (χ0v) is 13.0. The van der Waals surface area contributed by atoms with E-state index in [1.54, 1.807) is 0 Å². The van der Waals surface area contributed by atoms with Crippen LogP contribution in [0.2, 0.25) is 0 Å². The van der Waals surface area contributed by atoms with E-state index in [1.165, 1.54) is 25.7 Å². The number of rotatable bonds is 5. The Morgan fingerprint density at radius 2 is 2.20 bits per heavy atom. The van der Waals surface area contributed by atoms with Crippen molar-refractivity contribution >= 4 is 11.5 Å². The van der Waals surface area contributed by atoms with Gasteiger partial charge in [0.2, 0.25) is 0 Å². The molecule has 1 heterocycles. The van der Waals surface area contributed by atoms with E-state index in [2.05, 4.69) is 24.3 Å². The number of aromatic nitrogens is 2. The van der Waals surface area contributed by atoms with Crippen LogP contribution in [0.3, 0.4) is 0 Å². The summed E-state index contributed by atoms with van der Waals surface area (Å²) in [4.78, 5) is 0. The Morgan fingerprint density at radius 3 is 2.80 bits per heavy atom. The van der Waals surface area contributed by atoms with Gasteiger partial charge in [0.1, 0.15) is 5.82 Å². The average molecular weight is 276 g/mol. The van der Waals surface area contributed by atoms with Crippen molar-refractivity contribution in [2.75, 3.05) is 11.1 Å². The van der Waals surface area contributed by atoms with Crippen LogP contribution in [0.4, 0.5) is 11.5 Å². The molecule has 4 nitrogen and oxygen atoms in total. The van der Waals surface area contributed by atoms with Gasteiger partial charge in [0, 0.05) is 12.6 Å². The lowest BCUT2D eigenvalue weighted by Crippen LogP contribution is -2.31. The largest absolute Gasteiger partial charge is 0.394 e. The van der Waals surface area contributed by atoms with Crippen molar-refractivity contribution in [1.29, 1.82) is 0 Å². The fraction of sp³-hybridized carbons (Fsp3) is 0.812. The summed E-state index contributed by atoms with van der Waals surface area (Å²) in [7, 11) is 0. The van der Waals surface area contributed by atoms with Gasteiger partial charge in [0.05, 0.1) is 11.4 Å². The molecular formula is C16H28N4. The Balaban J connectivity index is 1.73. The van der Waals surface area contributed by atoms with E-state index in [0.29, 0.717) is 6.04 Å². The van der Waals surface area contributed by atoms with Gasteiger partial charge in [0.25, 0.3) is 0 Å². The minimum Gasteiger partial charge on any atom is -0.394 e. The fourth-order valence-corrected chi connectivity index (χ4v) is 4.35. The van der Waals surface area contributed by atoms with E-state index in [1.807, 2.05) is 11.6 Å². The molecule has 2 saturated carbocycles. The van der Waals surface area contributed by atoms with Crippen molar-refractivity contribution in [2.45, 2.75) is 65.5 Å². The number of anilines is 2. The fourth-order valence-electron chi connectivity index (χ4n) is 4.35. The maximum atomic E-state index is 6.21. The van der Waals surface area contributed by atoms with Crippen LogP contribution in [-0.4, -0.2) is 15.8 Å². The van der Waals surface area contributed by atoms with Crippen molar-refractivity contribution in [3.05, 3.63) is 5.69 Å². The van der Waals surface area contributed by atoms with Crippen LogP contribution in [0.15, 0.2) is 0 Å². The van der Waals surface area contributed by atoms with Gasteiger partial charge in [-0.25, -0.2) is 4.68 Å². The molecule has 0 saturated heterocycles. The normalized spacial score (nSPS) is 29.9. The molecule has 0 radical (unpaired) electrons. The molecule has 0 amide bonds. The molecule has 0 aromatic carbocycles. The maximum Gasteiger partial charge on any atom is 0.148 e. The Morgan fingerprint density at radius 1 is 1.40 bits per heavy atom. The van der Waals surface area contributed by atoms with E-state index in [9.17, 15) is 0 Å². The van der Waals surface area contributed by atoms with Crippen LogP contribution in [0.25, 0.3) is 0 Å². The van der Waals surface area contributed by atoms with Crippen LogP contribution >= 0.6 is 0 Å². The van der Waals surface area contributed by atoms with E-state index in [0.717, 1.165) is 47.9 Å². The van der Waals surface area contributed by atoms with Gasteiger partial charge in [0.15, 0.2) is 0 Å². The average Bonchev–Trinajstić information content (AvgIpc) is 3.10. The predicted molar refractivity (Wildman–Crippen MR) is 83.7 cm³/mol. The highest BCUT2D eigenvalue weighted by Gasteiger charge is 2.42. The molecule has 4 heteroatoms. The SMILES string of the molecule is CCCn1nc(C)c(N)c1NC(C)C1CC2CCC1C2. The van der Waals surface area contributed by atoms with Crippen LogP contribution in [0, 0.1) is 24.7 Å². The minimum atomic E-state index is 0.499. The minimum absolute atomic E-state index is 0.499. The first-order valence-corrected chi connectivity index (χ1v) is 8.19. The zero-order valence-electron chi connectivity index (χ0n) is 13.0. The number of fused-ring (bicyclic) bond motifs is 2. The molecule has 3 N–H and O–H groups in total. The molecule has 3 rings (SSSR count). The van der Waals surface area contributed by atoms with Crippen LogP contribution < -0.4 is 11.1 Å². The topological polar surface area (TPSA) is 55.9 Å². The Hall–Kier alpha value is -1.19. The lowest BCUT2D eigenvalue weighted by atomic mass is 9.84. The molecule has 4 atom stereocenters. The second-order valence-corrected chi connectivity index (χ2v) is 6.84. The summed E-state index contributed by atoms with van der Waals surface area (Å²) in [5, 5.41) is 8.24. The molecule has 0 aliphatic heterocycles. The summed E-state index contributed by atoms with van der Waals surface area (Å²) >= 11 is 0. The van der Waals surface area contributed by atoms with E-state index in [-0.39, 0.29) is 0 Å². The van der Waals surface area contributed by atoms with Crippen molar-refractivity contribution in [2.24, 2.45) is 17.8 Å². The first-order chi connectivity index (χ1) is 9.60. The third-order valence-electron chi connectivity index (χ3n) is 5.41. The first-order valence-electron chi connectivity index (χ1n) is 8.19. The summed E-state index contributed by atoms with van der Waals surface area (Å²) in [6, 6.07) is 0.499. The molecule has 1 aromatic rings. The Bertz CT molecular complexity index is 479. The molecule has 2 aliphatic carbocycles. The van der Waals surface area contributed by atoms with Gasteiger partial charge in [-0.15, -0.1) is 0 Å². The van der Waals surface area contributed by atoms with Crippen LogP contribution in [0.1, 0.15) is 51.6 Å². The van der Waals surface area contributed by atoms with Crippen LogP contribution in [0.5, 0.6) is 0 Å². The number of nitrogen functional groups attached to an aromatic ring is 1. The number of hydrogen-bond acceptors (Lipinski definition) is 3. The highest BCUT2D eigenvalue weighted by molar-refractivity contribution is 5.65. The van der Waals surface area contributed by atoms with E-state index < -0.39 is 0 Å². The molecular weight excluding hydrogens is 248 g/mol. The van der Waals surface area contributed by atoms with Crippen molar-refractivity contribution in [1.82, 2.24) is 9.78 Å². The number of nitrogens with two attached hydrogens (primary N) is 1. The van der Waals surface area contributed by atoms with Gasteiger partial charge in [-0.2, -0.15) is 5.10 Å². The summed E-state index contributed by atoms with van der Waals surface area (Å²) in [6.07, 6.45) is 6.84. The standard InChI is InChI=1S/C16H28N4/c1-4-7-20-16(15(17)11(3)19-20)18-10(2)14-9-12-5-6-13(14)8-12/h10,12-14,18H,4-9,17H2,1-3H3. The lowest BCUT2D eigenvalue weighted by Gasteiger charge is -2.29. The number of aryl methyl sites for hydroxylation is 2. The van der Waals surface area contributed by atoms with Crippen molar-refractivity contribution in [3.63, 3.8) is 0 Å². The van der Waals surface area contributed by atoms with Gasteiger partial charge < -0.3 is 11.1 Å². The maximum absolute atomic E-state index is 6.21. The molecule has 2 bridgehead atoms. The number of hydrogen-bond donors (Lipinski definition) is 2. The van der Waals surface area contributed by atoms with E-state index >= 15 is 0 Å². The third-order valence-corrected chi connectivity index (χ3v) is 5.41. The van der Waals surface area contributed by atoms with E-state index in [4.69, 9.17) is 5.73 Å². The van der Waals surface area contributed by atoms with Gasteiger partial charge in [-0.3, -0.25) is 0 Å². The smallest absolute Gasteiger partial charge is 0.148 e. The predicted octanol–water partition coefficient (Wildman–Crippen LogP) is 3.42. The third kappa shape index (κ3) is 2.29. The zero-order chi connectivity index (χ0) is 14.3. The van der Waals surface area contributed by atoms with Gasteiger partial charge in [-0.05, 0) is 57.3 Å². The highest BCUT2D eigenvalue weighted by atomic mass is 15.3. The van der Waals surface area contributed by atoms with Gasteiger partial charge in [-0.1, -0.05) is 13.3 Å². The molecule has 4 unspecified atom stereocenters. The van der Waals surface area contributed by atoms with Crippen molar-refractivity contribution < 1.29 is 0 Å². The molecule has 2 aliphatic rings. The summed E-state index contributed by atoms with van der Waals surface area (Å²) < 4.78 is 2.05. The highest BCUT2D eigenvalue weighted by Crippen LogP contribution is 2.50. The molecule has 20 heavy (non-hydrogen) atoms. The molecule has 112 valence electrons. The Kier molecular flexibility index (Phi) is 3.65. The second kappa shape index (κ2) is 5.30. The Labute approximate surface area is 122 Å². The molecule has 0 spiro atoms. The summed E-state index contributed by atoms with van der Waals surface area (Å²) in [5.74, 6) is 3.79. The number of nitrogens with one attached hydrogen (secondary N) is 1. The van der Waals surface area contributed by atoms with Gasteiger partial charge >= 0.3 is 0 Å². The first kappa shape index (κ1) is 13.8. The lowest BCUT2D eigenvalue weighted by molar-refractivity contribution is 0.303.